The van der Waals surface area contributed by atoms with Crippen LogP contribution in [0.4, 0.5) is 0 Å². The minimum Gasteiger partial charge on any atom is -0.466 e. The first-order chi connectivity index (χ1) is 6.22. The largest absolute Gasteiger partial charge is 0.466 e. The molecule has 74 valence electrons. The molecule has 2 nitrogen and oxygen atoms in total. The summed E-state index contributed by atoms with van der Waals surface area (Å²) in [4.78, 5) is 11.0. The second-order valence-corrected chi connectivity index (χ2v) is 3.86. The topological polar surface area (TPSA) is 26.3 Å². The van der Waals surface area contributed by atoms with Crippen molar-refractivity contribution in [2.45, 2.75) is 39.0 Å². The lowest BCUT2D eigenvalue weighted by Gasteiger charge is -2.03. The molecule has 2 heteroatoms. The highest BCUT2D eigenvalue weighted by Crippen LogP contribution is 2.26. The maximum atomic E-state index is 11.0. The van der Waals surface area contributed by atoms with Crippen molar-refractivity contribution in [2.75, 3.05) is 7.11 Å². The summed E-state index contributed by atoms with van der Waals surface area (Å²) < 4.78 is 4.61. The van der Waals surface area contributed by atoms with E-state index in [0.29, 0.717) is 0 Å². The van der Waals surface area contributed by atoms with E-state index in [0.717, 1.165) is 18.8 Å². The summed E-state index contributed by atoms with van der Waals surface area (Å²) in [6.45, 7) is 2.28. The maximum Gasteiger partial charge on any atom is 0.330 e. The van der Waals surface area contributed by atoms with Crippen LogP contribution < -0.4 is 0 Å². The van der Waals surface area contributed by atoms with Crippen LogP contribution in [-0.4, -0.2) is 13.1 Å². The average Bonchev–Trinajstić information content (AvgIpc) is 2.31. The highest BCUT2D eigenvalue weighted by Gasteiger charge is 2.11. The first-order valence-electron chi connectivity index (χ1n) is 4.99. The Bertz CT molecular complexity index is 206. The van der Waals surface area contributed by atoms with Crippen LogP contribution >= 0.6 is 0 Å². The number of rotatable bonds is 1. The van der Waals surface area contributed by atoms with Crippen molar-refractivity contribution < 1.29 is 9.53 Å². The lowest BCUT2D eigenvalue weighted by atomic mass is 10.0. The molecule has 1 atom stereocenters. The van der Waals surface area contributed by atoms with Crippen LogP contribution in [-0.2, 0) is 9.53 Å². The minimum atomic E-state index is -0.204. The number of hydrogen-bond acceptors (Lipinski definition) is 2. The van der Waals surface area contributed by atoms with Gasteiger partial charge in [-0.3, -0.25) is 0 Å². The number of carbonyl (C=O) groups excluding carboxylic acids is 1. The molecule has 0 aromatic heterocycles. The zero-order valence-electron chi connectivity index (χ0n) is 8.51. The zero-order chi connectivity index (χ0) is 9.68. The van der Waals surface area contributed by atoms with Gasteiger partial charge >= 0.3 is 5.97 Å². The van der Waals surface area contributed by atoms with E-state index in [1.807, 2.05) is 0 Å². The second-order valence-electron chi connectivity index (χ2n) is 3.86. The fraction of sp³-hybridized carbons (Fsp3) is 0.727. The van der Waals surface area contributed by atoms with E-state index in [9.17, 15) is 4.79 Å². The van der Waals surface area contributed by atoms with E-state index in [1.165, 1.54) is 31.9 Å². The highest BCUT2D eigenvalue weighted by molar-refractivity contribution is 5.82. The van der Waals surface area contributed by atoms with Gasteiger partial charge in [0.1, 0.15) is 0 Å². The predicted octanol–water partition coefficient (Wildman–Crippen LogP) is 2.69. The Balaban J connectivity index is 2.50. The van der Waals surface area contributed by atoms with Gasteiger partial charge in [0.2, 0.25) is 0 Å². The summed E-state index contributed by atoms with van der Waals surface area (Å²) in [6.07, 6.45) is 7.51. The van der Waals surface area contributed by atoms with Gasteiger partial charge in [0, 0.05) is 6.08 Å². The molecule has 0 amide bonds. The van der Waals surface area contributed by atoms with Gasteiger partial charge in [0.15, 0.2) is 0 Å². The van der Waals surface area contributed by atoms with Crippen LogP contribution in [0.5, 0.6) is 0 Å². The minimum absolute atomic E-state index is 0.204. The van der Waals surface area contributed by atoms with E-state index in [2.05, 4.69) is 11.7 Å². The molecule has 0 bridgehead atoms. The van der Waals surface area contributed by atoms with E-state index in [1.54, 1.807) is 6.08 Å². The maximum absolute atomic E-state index is 11.0. The normalized spacial score (nSPS) is 26.9. The lowest BCUT2D eigenvalue weighted by molar-refractivity contribution is -0.134. The first-order valence-corrected chi connectivity index (χ1v) is 4.99. The zero-order valence-corrected chi connectivity index (χ0v) is 8.51. The van der Waals surface area contributed by atoms with E-state index < -0.39 is 0 Å². The van der Waals surface area contributed by atoms with Gasteiger partial charge in [-0.25, -0.2) is 4.79 Å². The molecule has 1 unspecified atom stereocenters. The summed E-state index contributed by atoms with van der Waals surface area (Å²) >= 11 is 0. The third-order valence-corrected chi connectivity index (χ3v) is 2.68. The van der Waals surface area contributed by atoms with Crippen LogP contribution in [0, 0.1) is 5.92 Å². The van der Waals surface area contributed by atoms with Crippen LogP contribution in [0.1, 0.15) is 39.0 Å². The van der Waals surface area contributed by atoms with Gasteiger partial charge in [0.05, 0.1) is 7.11 Å². The van der Waals surface area contributed by atoms with E-state index in [4.69, 9.17) is 0 Å². The van der Waals surface area contributed by atoms with Crippen LogP contribution in [0.25, 0.3) is 0 Å². The molecule has 0 spiro atoms. The fourth-order valence-electron chi connectivity index (χ4n) is 1.75. The highest BCUT2D eigenvalue weighted by atomic mass is 16.5. The molecule has 13 heavy (non-hydrogen) atoms. The third kappa shape index (κ3) is 3.62. The molecule has 1 aliphatic carbocycles. The summed E-state index contributed by atoms with van der Waals surface area (Å²) in [7, 11) is 1.43. The van der Waals surface area contributed by atoms with Gasteiger partial charge in [0.25, 0.3) is 0 Å². The average molecular weight is 182 g/mol. The Morgan fingerprint density at radius 1 is 1.46 bits per heavy atom. The molecule has 1 rings (SSSR count). The number of allylic oxidation sites excluding steroid dienone is 1. The Labute approximate surface area is 80.0 Å². The monoisotopic (exact) mass is 182 g/mol. The number of hydrogen-bond donors (Lipinski definition) is 0. The van der Waals surface area contributed by atoms with Gasteiger partial charge < -0.3 is 4.74 Å². The molecule has 1 fully saturated rings. The Hall–Kier alpha value is -0.790. The Morgan fingerprint density at radius 3 is 2.92 bits per heavy atom. The van der Waals surface area contributed by atoms with Crippen molar-refractivity contribution in [3.8, 4) is 0 Å². The predicted molar refractivity (Wildman–Crippen MR) is 52.3 cm³/mol. The van der Waals surface area contributed by atoms with Crippen LogP contribution in [0.3, 0.4) is 0 Å². The van der Waals surface area contributed by atoms with Crippen molar-refractivity contribution in [1.29, 1.82) is 0 Å². The molecule has 0 aromatic carbocycles. The molecule has 0 heterocycles. The van der Waals surface area contributed by atoms with Crippen LogP contribution in [0.2, 0.25) is 0 Å². The number of carbonyl (C=O) groups is 1. The number of esters is 1. The molecule has 0 radical (unpaired) electrons. The van der Waals surface area contributed by atoms with Crippen molar-refractivity contribution in [1.82, 2.24) is 0 Å². The molecule has 0 saturated heterocycles. The third-order valence-electron chi connectivity index (χ3n) is 2.68. The number of ether oxygens (including phenoxy) is 1. The quantitative estimate of drug-likeness (QED) is 0.354. The summed E-state index contributed by atoms with van der Waals surface area (Å²) in [5.41, 5.74) is 1.26. The van der Waals surface area contributed by atoms with Crippen LogP contribution in [0.15, 0.2) is 11.6 Å². The van der Waals surface area contributed by atoms with Crippen molar-refractivity contribution in [3.05, 3.63) is 11.6 Å². The fourth-order valence-corrected chi connectivity index (χ4v) is 1.75. The molecular weight excluding hydrogens is 164 g/mol. The molecular formula is C11H18O2. The molecule has 0 aromatic rings. The molecule has 0 N–H and O–H groups in total. The van der Waals surface area contributed by atoms with E-state index >= 15 is 0 Å². The smallest absolute Gasteiger partial charge is 0.330 e. The summed E-state index contributed by atoms with van der Waals surface area (Å²) in [6, 6.07) is 0. The van der Waals surface area contributed by atoms with Gasteiger partial charge in [-0.05, 0) is 31.6 Å². The standard InChI is InChI=1S/C11H18O2/c1-9-4-3-5-10(7-6-9)8-11(12)13-2/h8-9H,3-7H2,1-2H3/b10-8+. The van der Waals surface area contributed by atoms with Gasteiger partial charge in [-0.15, -0.1) is 0 Å². The van der Waals surface area contributed by atoms with Crippen molar-refractivity contribution in [3.63, 3.8) is 0 Å². The summed E-state index contributed by atoms with van der Waals surface area (Å²) in [5.74, 6) is 0.605. The van der Waals surface area contributed by atoms with Gasteiger partial charge in [-0.2, -0.15) is 0 Å². The lowest BCUT2D eigenvalue weighted by Crippen LogP contribution is -1.97. The molecule has 1 aliphatic rings. The van der Waals surface area contributed by atoms with Crippen molar-refractivity contribution >= 4 is 5.97 Å². The van der Waals surface area contributed by atoms with E-state index in [-0.39, 0.29) is 5.97 Å². The first kappa shape index (κ1) is 10.3. The summed E-state index contributed by atoms with van der Waals surface area (Å²) in [5, 5.41) is 0. The molecule has 1 saturated carbocycles. The van der Waals surface area contributed by atoms with Gasteiger partial charge in [-0.1, -0.05) is 18.9 Å². The second kappa shape index (κ2) is 5.05. The Morgan fingerprint density at radius 2 is 2.23 bits per heavy atom. The SMILES string of the molecule is COC(=O)/C=C1\CCCC(C)CC1. The Kier molecular flexibility index (Phi) is 4.00. The number of methoxy groups -OCH3 is 1. The van der Waals surface area contributed by atoms with Crippen molar-refractivity contribution in [2.24, 2.45) is 5.92 Å². The molecule has 0 aliphatic heterocycles.